The molecular weight excluding hydrogens is 160 g/mol. The molecule has 0 saturated carbocycles. The SMILES string of the molecule is Cc1ccc2c(c1)C(C)(C)CC2=O. The van der Waals surface area contributed by atoms with Crippen molar-refractivity contribution in [3.8, 4) is 0 Å². The van der Waals surface area contributed by atoms with E-state index in [4.69, 9.17) is 0 Å². The van der Waals surface area contributed by atoms with Crippen molar-refractivity contribution < 1.29 is 4.79 Å². The summed E-state index contributed by atoms with van der Waals surface area (Å²) in [6, 6.07) is 6.11. The second-order valence-electron chi connectivity index (χ2n) is 4.53. The molecule has 0 heterocycles. The minimum atomic E-state index is 0.0401. The van der Waals surface area contributed by atoms with Crippen LogP contribution in [0.1, 0.15) is 41.8 Å². The maximum Gasteiger partial charge on any atom is 0.164 e. The van der Waals surface area contributed by atoms with Crippen molar-refractivity contribution in [2.75, 3.05) is 0 Å². The van der Waals surface area contributed by atoms with Gasteiger partial charge in [-0.05, 0) is 17.9 Å². The molecule has 1 aromatic carbocycles. The standard InChI is InChI=1S/C12H14O/c1-8-4-5-9-10(6-8)12(2,3)7-11(9)13/h4-6H,7H2,1-3H3. The lowest BCUT2D eigenvalue weighted by atomic mass is 9.86. The Morgan fingerprint density at radius 2 is 2.00 bits per heavy atom. The van der Waals surface area contributed by atoms with E-state index in [1.165, 1.54) is 11.1 Å². The van der Waals surface area contributed by atoms with Crippen molar-refractivity contribution in [3.63, 3.8) is 0 Å². The van der Waals surface area contributed by atoms with Crippen LogP contribution in [0, 0.1) is 6.92 Å². The predicted octanol–water partition coefficient (Wildman–Crippen LogP) is 2.86. The molecule has 0 atom stereocenters. The van der Waals surface area contributed by atoms with E-state index in [1.54, 1.807) is 0 Å². The molecule has 13 heavy (non-hydrogen) atoms. The molecule has 0 spiro atoms. The lowest BCUT2D eigenvalue weighted by molar-refractivity contribution is 0.0979. The van der Waals surface area contributed by atoms with E-state index in [9.17, 15) is 4.79 Å². The predicted molar refractivity (Wildman–Crippen MR) is 53.2 cm³/mol. The minimum Gasteiger partial charge on any atom is -0.294 e. The number of Topliss-reactive ketones (excluding diaryl/α,β-unsaturated/α-hetero) is 1. The Balaban J connectivity index is 2.66. The highest BCUT2D eigenvalue weighted by Gasteiger charge is 2.35. The van der Waals surface area contributed by atoms with Crippen LogP contribution in [0.3, 0.4) is 0 Å². The van der Waals surface area contributed by atoms with Gasteiger partial charge < -0.3 is 0 Å². The highest BCUT2D eigenvalue weighted by Crippen LogP contribution is 2.38. The maximum absolute atomic E-state index is 11.6. The molecule has 0 fully saturated rings. The molecule has 0 N–H and O–H groups in total. The number of aryl methyl sites for hydroxylation is 1. The van der Waals surface area contributed by atoms with Gasteiger partial charge in [0.1, 0.15) is 0 Å². The molecule has 0 saturated heterocycles. The second kappa shape index (κ2) is 2.44. The molecule has 1 aliphatic carbocycles. The van der Waals surface area contributed by atoms with Gasteiger partial charge in [-0.25, -0.2) is 0 Å². The number of ketones is 1. The van der Waals surface area contributed by atoms with Crippen LogP contribution in [0.2, 0.25) is 0 Å². The van der Waals surface area contributed by atoms with Gasteiger partial charge in [-0.2, -0.15) is 0 Å². The van der Waals surface area contributed by atoms with Gasteiger partial charge in [0.15, 0.2) is 5.78 Å². The first-order chi connectivity index (χ1) is 6.00. The molecule has 1 nitrogen and oxygen atoms in total. The molecule has 0 aromatic heterocycles. The Bertz CT molecular complexity index is 375. The van der Waals surface area contributed by atoms with Crippen molar-refractivity contribution in [2.45, 2.75) is 32.6 Å². The van der Waals surface area contributed by atoms with Gasteiger partial charge >= 0.3 is 0 Å². The van der Waals surface area contributed by atoms with Crippen LogP contribution in [-0.2, 0) is 5.41 Å². The lowest BCUT2D eigenvalue weighted by Gasteiger charge is -2.17. The second-order valence-corrected chi connectivity index (χ2v) is 4.53. The first kappa shape index (κ1) is 8.49. The number of rotatable bonds is 0. The minimum absolute atomic E-state index is 0.0401. The molecule has 0 aliphatic heterocycles. The van der Waals surface area contributed by atoms with E-state index in [-0.39, 0.29) is 5.41 Å². The van der Waals surface area contributed by atoms with Gasteiger partial charge in [0.05, 0.1) is 0 Å². The summed E-state index contributed by atoms with van der Waals surface area (Å²) in [5.74, 6) is 0.292. The molecule has 0 unspecified atom stereocenters. The summed E-state index contributed by atoms with van der Waals surface area (Å²) >= 11 is 0. The zero-order chi connectivity index (χ0) is 9.64. The molecule has 0 amide bonds. The first-order valence-corrected chi connectivity index (χ1v) is 4.65. The molecule has 68 valence electrons. The summed E-state index contributed by atoms with van der Waals surface area (Å²) in [5.41, 5.74) is 3.42. The van der Waals surface area contributed by atoms with Crippen LogP contribution < -0.4 is 0 Å². The van der Waals surface area contributed by atoms with Crippen LogP contribution in [0.5, 0.6) is 0 Å². The summed E-state index contributed by atoms with van der Waals surface area (Å²) < 4.78 is 0. The number of hydrogen-bond donors (Lipinski definition) is 0. The Hall–Kier alpha value is -1.11. The zero-order valence-corrected chi connectivity index (χ0v) is 8.35. The largest absolute Gasteiger partial charge is 0.294 e. The van der Waals surface area contributed by atoms with Crippen molar-refractivity contribution in [2.24, 2.45) is 0 Å². The van der Waals surface area contributed by atoms with Crippen LogP contribution in [-0.4, -0.2) is 5.78 Å². The van der Waals surface area contributed by atoms with E-state index in [0.717, 1.165) is 5.56 Å². The average Bonchev–Trinajstić information content (AvgIpc) is 2.23. The number of hydrogen-bond acceptors (Lipinski definition) is 1. The Morgan fingerprint density at radius 1 is 1.31 bits per heavy atom. The molecular formula is C12H14O. The maximum atomic E-state index is 11.6. The summed E-state index contributed by atoms with van der Waals surface area (Å²) in [5, 5.41) is 0. The Kier molecular flexibility index (Phi) is 1.59. The first-order valence-electron chi connectivity index (χ1n) is 4.65. The fraction of sp³-hybridized carbons (Fsp3) is 0.417. The average molecular weight is 174 g/mol. The number of fused-ring (bicyclic) bond motifs is 1. The van der Waals surface area contributed by atoms with Gasteiger partial charge in [-0.15, -0.1) is 0 Å². The smallest absolute Gasteiger partial charge is 0.164 e. The summed E-state index contributed by atoms with van der Waals surface area (Å²) in [7, 11) is 0. The van der Waals surface area contributed by atoms with E-state index < -0.39 is 0 Å². The van der Waals surface area contributed by atoms with Crippen LogP contribution in [0.25, 0.3) is 0 Å². The summed E-state index contributed by atoms with van der Waals surface area (Å²) in [4.78, 5) is 11.6. The Morgan fingerprint density at radius 3 is 2.69 bits per heavy atom. The van der Waals surface area contributed by atoms with Crippen LogP contribution >= 0.6 is 0 Å². The third-order valence-electron chi connectivity index (χ3n) is 2.81. The van der Waals surface area contributed by atoms with Crippen molar-refractivity contribution in [1.82, 2.24) is 0 Å². The van der Waals surface area contributed by atoms with Crippen molar-refractivity contribution >= 4 is 5.78 Å². The van der Waals surface area contributed by atoms with Gasteiger partial charge in [0, 0.05) is 12.0 Å². The topological polar surface area (TPSA) is 17.1 Å². The van der Waals surface area contributed by atoms with E-state index in [0.29, 0.717) is 12.2 Å². The normalized spacial score (nSPS) is 18.8. The van der Waals surface area contributed by atoms with Crippen molar-refractivity contribution in [3.05, 3.63) is 34.9 Å². The molecule has 2 rings (SSSR count). The third kappa shape index (κ3) is 1.19. The van der Waals surface area contributed by atoms with E-state index in [2.05, 4.69) is 26.8 Å². The zero-order valence-electron chi connectivity index (χ0n) is 8.35. The van der Waals surface area contributed by atoms with E-state index >= 15 is 0 Å². The molecule has 0 bridgehead atoms. The number of carbonyl (C=O) groups excluding carboxylic acids is 1. The lowest BCUT2D eigenvalue weighted by Crippen LogP contribution is -2.12. The highest BCUT2D eigenvalue weighted by molar-refractivity contribution is 6.02. The van der Waals surface area contributed by atoms with Crippen LogP contribution in [0.4, 0.5) is 0 Å². The van der Waals surface area contributed by atoms with Gasteiger partial charge in [0.2, 0.25) is 0 Å². The van der Waals surface area contributed by atoms with Gasteiger partial charge in [-0.1, -0.05) is 37.6 Å². The third-order valence-corrected chi connectivity index (χ3v) is 2.81. The quantitative estimate of drug-likeness (QED) is 0.591. The molecule has 1 aromatic rings. The summed E-state index contributed by atoms with van der Waals surface area (Å²) in [6.07, 6.45) is 0.659. The fourth-order valence-electron chi connectivity index (χ4n) is 2.05. The number of carbonyl (C=O) groups is 1. The highest BCUT2D eigenvalue weighted by atomic mass is 16.1. The molecule has 0 radical (unpaired) electrons. The van der Waals surface area contributed by atoms with Crippen LogP contribution in [0.15, 0.2) is 18.2 Å². The monoisotopic (exact) mass is 174 g/mol. The Labute approximate surface area is 78.8 Å². The molecule has 1 heteroatoms. The fourth-order valence-corrected chi connectivity index (χ4v) is 2.05. The number of benzene rings is 1. The van der Waals surface area contributed by atoms with Gasteiger partial charge in [-0.3, -0.25) is 4.79 Å². The van der Waals surface area contributed by atoms with Crippen molar-refractivity contribution in [1.29, 1.82) is 0 Å². The van der Waals surface area contributed by atoms with Gasteiger partial charge in [0.25, 0.3) is 0 Å². The molecule has 1 aliphatic rings. The van der Waals surface area contributed by atoms with E-state index in [1.807, 2.05) is 12.1 Å². The summed E-state index contributed by atoms with van der Waals surface area (Å²) in [6.45, 7) is 6.34.